The summed E-state index contributed by atoms with van der Waals surface area (Å²) in [4.78, 5) is 0. The first-order valence-corrected chi connectivity index (χ1v) is 7.56. The molecule has 0 heterocycles. The minimum absolute atomic E-state index is 0.0496. The summed E-state index contributed by atoms with van der Waals surface area (Å²) in [6, 6.07) is 0. The fraction of sp³-hybridized carbons (Fsp3) is 1.00. The van der Waals surface area contributed by atoms with E-state index in [-0.39, 0.29) is 11.9 Å². The maximum Gasteiger partial charge on any atom is 0.267 e. The average molecular weight is 252 g/mol. The summed E-state index contributed by atoms with van der Waals surface area (Å²) in [5.74, 6) is -0.327. The molecule has 0 aromatic heterocycles. The molecule has 2 atom stereocenters. The van der Waals surface area contributed by atoms with E-state index >= 15 is 0 Å². The van der Waals surface area contributed by atoms with E-state index in [1.807, 2.05) is 6.92 Å². The smallest absolute Gasteiger partial charge is 0.267 e. The summed E-state index contributed by atoms with van der Waals surface area (Å²) < 4.78 is 35.3. The van der Waals surface area contributed by atoms with Crippen LogP contribution in [0.15, 0.2) is 0 Å². The second-order valence-electron chi connectivity index (χ2n) is 4.36. The number of ether oxygens (including phenoxy) is 1. The highest BCUT2D eigenvalue weighted by Crippen LogP contribution is 2.10. The van der Waals surface area contributed by atoms with Gasteiger partial charge in [0.1, 0.15) is 5.75 Å². The van der Waals surface area contributed by atoms with E-state index in [9.17, 15) is 8.42 Å². The maximum atomic E-state index is 10.6. The highest BCUT2D eigenvalue weighted by Gasteiger charge is 2.15. The molecule has 5 heteroatoms. The number of unbranched alkanes of at least 4 members (excludes halogenated alkanes) is 3. The lowest BCUT2D eigenvalue weighted by Gasteiger charge is -2.18. The van der Waals surface area contributed by atoms with E-state index in [0.29, 0.717) is 0 Å². The lowest BCUT2D eigenvalue weighted by Crippen LogP contribution is -2.24. The Morgan fingerprint density at radius 1 is 1.12 bits per heavy atom. The topological polar surface area (TPSA) is 63.6 Å². The fourth-order valence-corrected chi connectivity index (χ4v) is 2.33. The van der Waals surface area contributed by atoms with E-state index < -0.39 is 16.2 Å². The molecule has 0 aliphatic carbocycles. The SMILES string of the molecule is CCCCCCC(C)OC(C)CS(=O)(=O)O. The van der Waals surface area contributed by atoms with Crippen molar-refractivity contribution in [3.8, 4) is 0 Å². The summed E-state index contributed by atoms with van der Waals surface area (Å²) in [6.45, 7) is 5.76. The zero-order chi connectivity index (χ0) is 12.6. The lowest BCUT2D eigenvalue weighted by atomic mass is 10.1. The van der Waals surface area contributed by atoms with Gasteiger partial charge in [0.05, 0.1) is 12.2 Å². The number of hydrogen-bond donors (Lipinski definition) is 1. The van der Waals surface area contributed by atoms with E-state index in [1.165, 1.54) is 19.3 Å². The van der Waals surface area contributed by atoms with Crippen LogP contribution in [-0.4, -0.2) is 30.9 Å². The van der Waals surface area contributed by atoms with Crippen LogP contribution in [0.3, 0.4) is 0 Å². The van der Waals surface area contributed by atoms with Gasteiger partial charge in [-0.15, -0.1) is 0 Å². The molecule has 0 amide bonds. The van der Waals surface area contributed by atoms with Crippen molar-refractivity contribution >= 4 is 10.1 Å². The van der Waals surface area contributed by atoms with Gasteiger partial charge in [0, 0.05) is 0 Å². The second-order valence-corrected chi connectivity index (χ2v) is 5.85. The van der Waals surface area contributed by atoms with Gasteiger partial charge >= 0.3 is 0 Å². The molecule has 0 aromatic rings. The van der Waals surface area contributed by atoms with E-state index in [0.717, 1.165) is 12.8 Å². The first-order chi connectivity index (χ1) is 7.35. The van der Waals surface area contributed by atoms with Gasteiger partial charge in [-0.3, -0.25) is 4.55 Å². The standard InChI is InChI=1S/C11H24O4S/c1-4-5-6-7-8-10(2)15-11(3)9-16(12,13)14/h10-11H,4-9H2,1-3H3,(H,12,13,14). The molecule has 2 unspecified atom stereocenters. The van der Waals surface area contributed by atoms with Crippen molar-refractivity contribution in [1.82, 2.24) is 0 Å². The first-order valence-electron chi connectivity index (χ1n) is 5.95. The zero-order valence-electron chi connectivity index (χ0n) is 10.5. The third kappa shape index (κ3) is 10.4. The Balaban J connectivity index is 3.66. The van der Waals surface area contributed by atoms with Crippen LogP contribution >= 0.6 is 0 Å². The zero-order valence-corrected chi connectivity index (χ0v) is 11.3. The van der Waals surface area contributed by atoms with Gasteiger partial charge < -0.3 is 4.74 Å². The summed E-state index contributed by atoms with van der Waals surface area (Å²) in [7, 11) is -3.92. The molecule has 98 valence electrons. The molecule has 0 rings (SSSR count). The fourth-order valence-electron chi connectivity index (χ4n) is 1.66. The predicted octanol–water partition coefficient (Wildman–Crippen LogP) is 2.64. The van der Waals surface area contributed by atoms with Crippen LogP contribution in [0.1, 0.15) is 52.9 Å². The highest BCUT2D eigenvalue weighted by molar-refractivity contribution is 7.85. The molecule has 0 radical (unpaired) electrons. The molecule has 0 bridgehead atoms. The highest BCUT2D eigenvalue weighted by atomic mass is 32.2. The van der Waals surface area contributed by atoms with Crippen LogP contribution in [0, 0.1) is 0 Å². The monoisotopic (exact) mass is 252 g/mol. The van der Waals surface area contributed by atoms with Gasteiger partial charge in [0.15, 0.2) is 0 Å². The molecule has 0 saturated heterocycles. The first kappa shape index (κ1) is 15.9. The molecule has 0 saturated carbocycles. The van der Waals surface area contributed by atoms with E-state index in [1.54, 1.807) is 6.92 Å². The largest absolute Gasteiger partial charge is 0.374 e. The van der Waals surface area contributed by atoms with Crippen molar-refractivity contribution in [2.45, 2.75) is 65.1 Å². The third-order valence-electron chi connectivity index (χ3n) is 2.37. The van der Waals surface area contributed by atoms with Crippen molar-refractivity contribution in [3.05, 3.63) is 0 Å². The van der Waals surface area contributed by atoms with Crippen LogP contribution in [0.2, 0.25) is 0 Å². The third-order valence-corrected chi connectivity index (χ3v) is 3.26. The average Bonchev–Trinajstić information content (AvgIpc) is 2.09. The molecule has 0 aromatic carbocycles. The normalized spacial score (nSPS) is 16.0. The van der Waals surface area contributed by atoms with Crippen molar-refractivity contribution in [1.29, 1.82) is 0 Å². The molecule has 0 aliphatic rings. The Morgan fingerprint density at radius 2 is 1.75 bits per heavy atom. The summed E-state index contributed by atoms with van der Waals surface area (Å²) in [6.07, 6.45) is 5.27. The van der Waals surface area contributed by atoms with Gasteiger partial charge in [-0.05, 0) is 20.3 Å². The van der Waals surface area contributed by atoms with Crippen molar-refractivity contribution in [3.63, 3.8) is 0 Å². The minimum atomic E-state index is -3.92. The van der Waals surface area contributed by atoms with Crippen LogP contribution < -0.4 is 0 Å². The van der Waals surface area contributed by atoms with Crippen LogP contribution in [0.25, 0.3) is 0 Å². The Kier molecular flexibility index (Phi) is 7.97. The van der Waals surface area contributed by atoms with Gasteiger partial charge in [-0.1, -0.05) is 32.6 Å². The minimum Gasteiger partial charge on any atom is -0.374 e. The Bertz CT molecular complexity index is 261. The number of rotatable bonds is 9. The molecule has 1 N–H and O–H groups in total. The van der Waals surface area contributed by atoms with Crippen molar-refractivity contribution in [2.75, 3.05) is 5.75 Å². The predicted molar refractivity (Wildman–Crippen MR) is 65.2 cm³/mol. The second kappa shape index (κ2) is 8.03. The molecule has 4 nitrogen and oxygen atoms in total. The van der Waals surface area contributed by atoms with Gasteiger partial charge in [-0.25, -0.2) is 0 Å². The maximum absolute atomic E-state index is 10.6. The van der Waals surface area contributed by atoms with Crippen LogP contribution in [0.4, 0.5) is 0 Å². The molecule has 0 fully saturated rings. The van der Waals surface area contributed by atoms with Gasteiger partial charge in [0.2, 0.25) is 0 Å². The van der Waals surface area contributed by atoms with Gasteiger partial charge in [-0.2, -0.15) is 8.42 Å². The summed E-state index contributed by atoms with van der Waals surface area (Å²) >= 11 is 0. The van der Waals surface area contributed by atoms with Crippen LogP contribution in [0.5, 0.6) is 0 Å². The Morgan fingerprint density at radius 3 is 2.25 bits per heavy atom. The molecule has 0 aliphatic heterocycles. The number of hydrogen-bond acceptors (Lipinski definition) is 3. The van der Waals surface area contributed by atoms with Crippen molar-refractivity contribution in [2.24, 2.45) is 0 Å². The van der Waals surface area contributed by atoms with E-state index in [2.05, 4.69) is 6.92 Å². The molecule has 16 heavy (non-hydrogen) atoms. The van der Waals surface area contributed by atoms with Gasteiger partial charge in [0.25, 0.3) is 10.1 Å². The molecular formula is C11H24O4S. The molecular weight excluding hydrogens is 228 g/mol. The quantitative estimate of drug-likeness (QED) is 0.506. The molecule has 0 spiro atoms. The van der Waals surface area contributed by atoms with E-state index in [4.69, 9.17) is 9.29 Å². The Labute approximate surface area is 99.1 Å². The lowest BCUT2D eigenvalue weighted by molar-refractivity contribution is 0.0142. The Hall–Kier alpha value is -0.130. The van der Waals surface area contributed by atoms with Crippen molar-refractivity contribution < 1.29 is 17.7 Å². The summed E-state index contributed by atoms with van der Waals surface area (Å²) in [5, 5.41) is 0. The summed E-state index contributed by atoms with van der Waals surface area (Å²) in [5.41, 5.74) is 0. The van der Waals surface area contributed by atoms with Crippen LogP contribution in [-0.2, 0) is 14.9 Å².